The van der Waals surface area contributed by atoms with Crippen LogP contribution in [-0.4, -0.2) is 37.7 Å². The van der Waals surface area contributed by atoms with Crippen LogP contribution in [0.2, 0.25) is 18.6 Å². The van der Waals surface area contributed by atoms with Gasteiger partial charge in [-0.1, -0.05) is 153 Å². The molecule has 4 aliphatic carbocycles. The van der Waals surface area contributed by atoms with Crippen LogP contribution in [0.5, 0.6) is 5.75 Å². The number of allylic oxidation sites excluding steroid dienone is 10. The van der Waals surface area contributed by atoms with Gasteiger partial charge in [0, 0.05) is 6.04 Å². The molecule has 0 bridgehead atoms. The van der Waals surface area contributed by atoms with Gasteiger partial charge in [0.05, 0.1) is 7.11 Å². The Morgan fingerprint density at radius 3 is 1.77 bits per heavy atom. The van der Waals surface area contributed by atoms with E-state index in [1.807, 2.05) is 0 Å². The SMILES string of the molecule is COc1ccc(C2=CC=C[C@@H]3C2[N-]C(C)(C)N3[Si](C)(C)C2C3C=C(C(C)(C)C)C=CC3C3C=CC(C(C)(C)C)=CC32)cc1.[CH3-].[Cl][Ti][Cl]. The quantitative estimate of drug-likeness (QED) is 0.228. The summed E-state index contributed by atoms with van der Waals surface area (Å²) in [7, 11) is 9.37. The summed E-state index contributed by atoms with van der Waals surface area (Å²) in [6.07, 6.45) is 22.5. The molecule has 1 aromatic carbocycles. The zero-order valence-electron chi connectivity index (χ0n) is 30.6. The van der Waals surface area contributed by atoms with Gasteiger partial charge in [-0.2, -0.15) is 0 Å². The zero-order chi connectivity index (χ0) is 33.8. The summed E-state index contributed by atoms with van der Waals surface area (Å²) >= 11 is -0.556. The van der Waals surface area contributed by atoms with Gasteiger partial charge in [-0.3, -0.25) is 0 Å². The van der Waals surface area contributed by atoms with Crippen molar-refractivity contribution in [1.29, 1.82) is 0 Å². The third-order valence-corrected chi connectivity index (χ3v) is 15.6. The second kappa shape index (κ2) is 14.3. The summed E-state index contributed by atoms with van der Waals surface area (Å²) in [6, 6.07) is 8.94. The number of ether oxygens (including phenoxy) is 1. The minimum absolute atomic E-state index is 0. The molecule has 0 aromatic heterocycles. The van der Waals surface area contributed by atoms with Crippen LogP contribution in [0.15, 0.2) is 90.1 Å². The topological polar surface area (TPSA) is 26.6 Å². The summed E-state index contributed by atoms with van der Waals surface area (Å²) in [5.41, 5.74) is 6.19. The number of rotatable bonds is 4. The van der Waals surface area contributed by atoms with Crippen molar-refractivity contribution in [3.8, 4) is 5.75 Å². The van der Waals surface area contributed by atoms with Gasteiger partial charge in [0.15, 0.2) is 0 Å². The van der Waals surface area contributed by atoms with E-state index in [4.69, 9.17) is 28.7 Å². The summed E-state index contributed by atoms with van der Waals surface area (Å²) in [5.74, 6) is 3.07. The molecule has 3 nitrogen and oxygen atoms in total. The Kier molecular flexibility index (Phi) is 11.7. The second-order valence-corrected chi connectivity index (χ2v) is 23.7. The van der Waals surface area contributed by atoms with Crippen LogP contribution in [0.4, 0.5) is 0 Å². The summed E-state index contributed by atoms with van der Waals surface area (Å²) < 4.78 is 8.38. The maximum atomic E-state index is 5.63. The fourth-order valence-corrected chi connectivity index (χ4v) is 14.5. The predicted molar refractivity (Wildman–Crippen MR) is 204 cm³/mol. The van der Waals surface area contributed by atoms with E-state index >= 15 is 0 Å². The Hall–Kier alpha value is -1.11. The third-order valence-electron chi connectivity index (χ3n) is 11.1. The van der Waals surface area contributed by atoms with Crippen LogP contribution < -0.4 is 4.74 Å². The van der Waals surface area contributed by atoms with E-state index in [0.717, 1.165) is 5.75 Å². The summed E-state index contributed by atoms with van der Waals surface area (Å²) in [4.78, 5) is 0. The van der Waals surface area contributed by atoms with Crippen LogP contribution in [0, 0.1) is 41.9 Å². The zero-order valence-corrected chi connectivity index (χ0v) is 34.7. The van der Waals surface area contributed by atoms with Gasteiger partial charge >= 0.3 is 35.6 Å². The van der Waals surface area contributed by atoms with Gasteiger partial charge in [0.1, 0.15) is 14.0 Å². The van der Waals surface area contributed by atoms with Gasteiger partial charge in [-0.05, 0) is 68.9 Å². The van der Waals surface area contributed by atoms with Crippen molar-refractivity contribution >= 4 is 32.4 Å². The Morgan fingerprint density at radius 1 is 0.830 bits per heavy atom. The molecule has 47 heavy (non-hydrogen) atoms. The third kappa shape index (κ3) is 7.37. The molecule has 0 radical (unpaired) electrons. The summed E-state index contributed by atoms with van der Waals surface area (Å²) in [6.45, 7) is 24.3. The fraction of sp³-hybridized carbons (Fsp3) is 0.525. The molecule has 256 valence electrons. The molecular weight excluding hydrogens is 671 g/mol. The number of fused-ring (bicyclic) bond motifs is 4. The molecule has 7 heteroatoms. The molecule has 1 aromatic rings. The van der Waals surface area contributed by atoms with E-state index < -0.39 is 25.3 Å². The minimum atomic E-state index is -2.14. The molecule has 6 rings (SSSR count). The van der Waals surface area contributed by atoms with Crippen molar-refractivity contribution < 1.29 is 21.8 Å². The molecule has 5 aliphatic rings. The molecule has 1 aliphatic heterocycles. The summed E-state index contributed by atoms with van der Waals surface area (Å²) in [5, 5.41) is 5.63. The van der Waals surface area contributed by atoms with E-state index in [-0.39, 0.29) is 36.0 Å². The van der Waals surface area contributed by atoms with E-state index in [2.05, 4.69) is 152 Å². The number of halogens is 2. The number of nitrogens with zero attached hydrogens (tertiary/aromatic N) is 2. The Balaban J connectivity index is 0.00000120. The predicted octanol–water partition coefficient (Wildman–Crippen LogP) is 11.8. The van der Waals surface area contributed by atoms with Crippen LogP contribution >= 0.6 is 18.6 Å². The molecule has 1 saturated carbocycles. The van der Waals surface area contributed by atoms with Crippen molar-refractivity contribution in [2.75, 3.05) is 7.11 Å². The molecular formula is C40H56Cl2N2OSiTi-2. The van der Waals surface area contributed by atoms with Crippen molar-refractivity contribution in [3.05, 3.63) is 108 Å². The van der Waals surface area contributed by atoms with Crippen molar-refractivity contribution in [1.82, 2.24) is 4.57 Å². The molecule has 1 saturated heterocycles. The van der Waals surface area contributed by atoms with Crippen molar-refractivity contribution in [2.24, 2.45) is 34.5 Å². The molecule has 1 heterocycles. The molecule has 2 fully saturated rings. The Morgan fingerprint density at radius 2 is 1.32 bits per heavy atom. The monoisotopic (exact) mass is 726 g/mol. The van der Waals surface area contributed by atoms with E-state index in [1.54, 1.807) is 7.11 Å². The average molecular weight is 728 g/mol. The van der Waals surface area contributed by atoms with E-state index in [9.17, 15) is 0 Å². The first-order valence-corrected chi connectivity index (χ1v) is 24.1. The average Bonchev–Trinajstić information content (AvgIpc) is 3.46. The number of benzene rings is 1. The van der Waals surface area contributed by atoms with E-state index in [1.165, 1.54) is 22.3 Å². The number of hydrogen-bond acceptors (Lipinski definition) is 2. The van der Waals surface area contributed by atoms with Gasteiger partial charge in [-0.25, -0.2) is 0 Å². The van der Waals surface area contributed by atoms with Crippen molar-refractivity contribution in [3.63, 3.8) is 0 Å². The maximum absolute atomic E-state index is 5.63. The van der Waals surface area contributed by atoms with Gasteiger partial charge in [0.25, 0.3) is 0 Å². The van der Waals surface area contributed by atoms with Crippen molar-refractivity contribution in [2.45, 2.75) is 91.8 Å². The number of methoxy groups -OCH3 is 1. The standard InChI is InChI=1S/C39H53N2OSi.CH3.2ClH.Ti/c1-37(2,3)26-17-21-30-31-22-18-27(38(4,5)6)24-33(31)36(32(30)23-26)43(10,11)41-34-14-12-13-29(35(34)40-39(41,7)8)25-15-19-28(42-9)20-16-25;;;;/h12-24,30-36H,1-11H3;1H3;2*1H;/q2*-1;;;+2/p-2/t30?,31?,32?,33?,34-,35?,36?;;;;/m1..../s1. The first kappa shape index (κ1) is 38.7. The molecule has 0 spiro atoms. The molecule has 0 amide bonds. The van der Waals surface area contributed by atoms with Crippen LogP contribution in [0.1, 0.15) is 61.0 Å². The van der Waals surface area contributed by atoms with Gasteiger partial charge in [0.2, 0.25) is 0 Å². The van der Waals surface area contributed by atoms with Crippen LogP contribution in [0.3, 0.4) is 0 Å². The number of hydrogen-bond donors (Lipinski definition) is 0. The van der Waals surface area contributed by atoms with E-state index in [0.29, 0.717) is 29.2 Å². The Bertz CT molecular complexity index is 1420. The first-order chi connectivity index (χ1) is 21.5. The Labute approximate surface area is 304 Å². The first-order valence-electron chi connectivity index (χ1n) is 16.8. The molecule has 6 atom stereocenters. The van der Waals surface area contributed by atoms with Gasteiger partial charge < -0.3 is 22.0 Å². The fourth-order valence-electron chi connectivity index (χ4n) is 9.19. The second-order valence-electron chi connectivity index (χ2n) is 16.7. The van der Waals surface area contributed by atoms with Crippen LogP contribution in [0.25, 0.3) is 10.9 Å². The molecule has 0 N–H and O–H groups in total. The normalized spacial score (nSPS) is 30.8. The van der Waals surface area contributed by atoms with Crippen LogP contribution in [-0.2, 0) is 17.0 Å². The molecule has 5 unspecified atom stereocenters. The van der Waals surface area contributed by atoms with Gasteiger partial charge in [-0.15, -0.1) is 0 Å².